The first-order chi connectivity index (χ1) is 12.4. The summed E-state index contributed by atoms with van der Waals surface area (Å²) in [5.41, 5.74) is 0. The Bertz CT molecular complexity index is 707. The van der Waals surface area contributed by atoms with Crippen molar-refractivity contribution in [3.63, 3.8) is 0 Å². The Morgan fingerprint density at radius 3 is 1.12 bits per heavy atom. The van der Waals surface area contributed by atoms with Crippen molar-refractivity contribution in [2.75, 3.05) is 13.2 Å². The van der Waals surface area contributed by atoms with Crippen molar-refractivity contribution in [1.29, 1.82) is 0 Å². The minimum absolute atomic E-state index is 0.705. The molecule has 4 rings (SSSR count). The van der Waals surface area contributed by atoms with Crippen molar-refractivity contribution in [3.8, 4) is 0 Å². The van der Waals surface area contributed by atoms with Crippen LogP contribution in [0.4, 0.5) is 0 Å². The summed E-state index contributed by atoms with van der Waals surface area (Å²) < 4.78 is 13.7. The molecule has 0 aromatic heterocycles. The van der Waals surface area contributed by atoms with Gasteiger partial charge in [0, 0.05) is 0 Å². The van der Waals surface area contributed by atoms with E-state index in [2.05, 4.69) is 72.8 Å². The second-order valence-electron chi connectivity index (χ2n) is 6.34. The first kappa shape index (κ1) is 16.5. The topological polar surface area (TPSA) is 18.5 Å². The van der Waals surface area contributed by atoms with E-state index in [9.17, 15) is 0 Å². The third-order valence-corrected chi connectivity index (χ3v) is 9.95. The van der Waals surface area contributed by atoms with Gasteiger partial charge < -0.3 is 0 Å². The fourth-order valence-corrected chi connectivity index (χ4v) is 8.67. The SMILES string of the molecule is c1ccc(P2(c3ccccc3)(c3ccccc3)OCCCCO2)cc1. The Kier molecular flexibility index (Phi) is 4.43. The molecular weight excluding hydrogens is 327 g/mol. The van der Waals surface area contributed by atoms with Gasteiger partial charge in [-0.15, -0.1) is 0 Å². The van der Waals surface area contributed by atoms with Crippen LogP contribution >= 0.6 is 7.06 Å². The molecule has 25 heavy (non-hydrogen) atoms. The van der Waals surface area contributed by atoms with Gasteiger partial charge in [0.15, 0.2) is 0 Å². The zero-order chi connectivity index (χ0) is 17.0. The van der Waals surface area contributed by atoms with E-state index in [1.807, 2.05) is 18.2 Å². The number of hydrogen-bond acceptors (Lipinski definition) is 2. The molecule has 1 heterocycles. The molecule has 1 fully saturated rings. The van der Waals surface area contributed by atoms with Gasteiger partial charge in [0.05, 0.1) is 0 Å². The number of rotatable bonds is 3. The average Bonchev–Trinajstić information content (AvgIpc) is 2.95. The van der Waals surface area contributed by atoms with Crippen molar-refractivity contribution in [3.05, 3.63) is 91.0 Å². The van der Waals surface area contributed by atoms with Crippen LogP contribution in [0.1, 0.15) is 12.8 Å². The van der Waals surface area contributed by atoms with Crippen LogP contribution in [0.25, 0.3) is 0 Å². The number of benzene rings is 3. The van der Waals surface area contributed by atoms with Crippen molar-refractivity contribution >= 4 is 23.0 Å². The van der Waals surface area contributed by atoms with Gasteiger partial charge in [-0.05, 0) is 0 Å². The normalized spacial score (nSPS) is 20.7. The van der Waals surface area contributed by atoms with Crippen LogP contribution in [-0.4, -0.2) is 13.2 Å². The quantitative estimate of drug-likeness (QED) is 0.660. The molecule has 3 aromatic rings. The molecule has 0 amide bonds. The first-order valence-corrected chi connectivity index (χ1v) is 10.9. The van der Waals surface area contributed by atoms with Gasteiger partial charge >= 0.3 is 149 Å². The van der Waals surface area contributed by atoms with Gasteiger partial charge in [0.2, 0.25) is 0 Å². The van der Waals surface area contributed by atoms with Gasteiger partial charge in [-0.3, -0.25) is 0 Å². The summed E-state index contributed by atoms with van der Waals surface area (Å²) in [5, 5.41) is 3.40. The van der Waals surface area contributed by atoms with Gasteiger partial charge in [-0.1, -0.05) is 0 Å². The summed E-state index contributed by atoms with van der Waals surface area (Å²) >= 11 is 0. The Labute approximate surface area is 149 Å². The zero-order valence-electron chi connectivity index (χ0n) is 14.3. The minimum atomic E-state index is -3.42. The molecule has 0 atom stereocenters. The van der Waals surface area contributed by atoms with Gasteiger partial charge in [0.1, 0.15) is 0 Å². The molecule has 1 aliphatic heterocycles. The summed E-state index contributed by atoms with van der Waals surface area (Å²) in [4.78, 5) is 0. The van der Waals surface area contributed by atoms with E-state index in [1.165, 1.54) is 0 Å². The molecule has 2 nitrogen and oxygen atoms in total. The molecule has 0 spiro atoms. The fraction of sp³-hybridized carbons (Fsp3) is 0.182. The Morgan fingerprint density at radius 1 is 0.480 bits per heavy atom. The Balaban J connectivity index is 2.12. The maximum absolute atomic E-state index is 6.84. The molecule has 0 saturated carbocycles. The van der Waals surface area contributed by atoms with Crippen LogP contribution in [-0.2, 0) is 9.05 Å². The summed E-state index contributed by atoms with van der Waals surface area (Å²) in [6, 6.07) is 31.5. The molecular formula is C22H23O2P. The molecule has 0 unspecified atom stereocenters. The van der Waals surface area contributed by atoms with Crippen molar-refractivity contribution in [1.82, 2.24) is 0 Å². The van der Waals surface area contributed by atoms with Crippen LogP contribution in [0, 0.1) is 0 Å². The Morgan fingerprint density at radius 2 is 0.800 bits per heavy atom. The van der Waals surface area contributed by atoms with E-state index in [1.54, 1.807) is 0 Å². The van der Waals surface area contributed by atoms with Gasteiger partial charge in [-0.2, -0.15) is 0 Å². The number of hydrogen-bond donors (Lipinski definition) is 0. The van der Waals surface area contributed by atoms with Crippen LogP contribution in [0.2, 0.25) is 0 Å². The molecule has 3 heteroatoms. The van der Waals surface area contributed by atoms with E-state index in [0.717, 1.165) is 28.8 Å². The van der Waals surface area contributed by atoms with Gasteiger partial charge in [-0.25, -0.2) is 0 Å². The molecule has 128 valence electrons. The molecule has 0 aliphatic carbocycles. The van der Waals surface area contributed by atoms with E-state index >= 15 is 0 Å². The molecule has 1 aliphatic rings. The molecule has 0 radical (unpaired) electrons. The second kappa shape index (κ2) is 6.72. The summed E-state index contributed by atoms with van der Waals surface area (Å²) in [6.45, 7) is 1.41. The zero-order valence-corrected chi connectivity index (χ0v) is 15.1. The van der Waals surface area contributed by atoms with Crippen LogP contribution in [0.15, 0.2) is 91.0 Å². The van der Waals surface area contributed by atoms with Crippen LogP contribution in [0.5, 0.6) is 0 Å². The first-order valence-electron chi connectivity index (χ1n) is 8.85. The predicted molar refractivity (Wildman–Crippen MR) is 106 cm³/mol. The molecule has 3 aromatic carbocycles. The van der Waals surface area contributed by atoms with E-state index < -0.39 is 7.06 Å². The van der Waals surface area contributed by atoms with Crippen LogP contribution in [0.3, 0.4) is 0 Å². The van der Waals surface area contributed by atoms with E-state index in [4.69, 9.17) is 9.05 Å². The predicted octanol–water partition coefficient (Wildman–Crippen LogP) is 4.17. The molecule has 0 N–H and O–H groups in total. The second-order valence-corrected chi connectivity index (χ2v) is 10.3. The van der Waals surface area contributed by atoms with Crippen molar-refractivity contribution in [2.24, 2.45) is 0 Å². The van der Waals surface area contributed by atoms with E-state index in [0.29, 0.717) is 13.2 Å². The monoisotopic (exact) mass is 350 g/mol. The summed E-state index contributed by atoms with van der Waals surface area (Å²) in [7, 11) is -3.42. The van der Waals surface area contributed by atoms with Crippen LogP contribution < -0.4 is 15.9 Å². The summed E-state index contributed by atoms with van der Waals surface area (Å²) in [6.07, 6.45) is 2.04. The maximum atomic E-state index is 6.84. The average molecular weight is 350 g/mol. The van der Waals surface area contributed by atoms with Crippen molar-refractivity contribution in [2.45, 2.75) is 12.8 Å². The fourth-order valence-electron chi connectivity index (χ4n) is 3.71. The van der Waals surface area contributed by atoms with Gasteiger partial charge in [0.25, 0.3) is 0 Å². The Hall–Kier alpha value is -1.99. The third kappa shape index (κ3) is 2.53. The van der Waals surface area contributed by atoms with Crippen molar-refractivity contribution < 1.29 is 9.05 Å². The third-order valence-electron chi connectivity index (χ3n) is 4.89. The van der Waals surface area contributed by atoms with E-state index in [-0.39, 0.29) is 0 Å². The summed E-state index contributed by atoms with van der Waals surface area (Å²) in [5.74, 6) is 0. The molecule has 1 saturated heterocycles. The standard InChI is InChI=1S/C22H23O2P/c1-4-12-20(13-5-1)25(21-14-6-2-7-15-21,22-16-8-3-9-17-22)23-18-10-11-19-24-25/h1-9,12-17H,10-11,18-19H2. The molecule has 0 bridgehead atoms.